The normalized spacial score (nSPS) is 10.8. The molecule has 0 unspecified atom stereocenters. The maximum Gasteiger partial charge on any atom is 0.217 e. The van der Waals surface area contributed by atoms with E-state index in [9.17, 15) is 5.11 Å². The van der Waals surface area contributed by atoms with E-state index in [1.807, 2.05) is 27.0 Å². The molecule has 0 atom stereocenters. The molecule has 3 nitrogen and oxygen atoms in total. The van der Waals surface area contributed by atoms with Gasteiger partial charge >= 0.3 is 0 Å². The van der Waals surface area contributed by atoms with Gasteiger partial charge in [0, 0.05) is 11.1 Å². The van der Waals surface area contributed by atoms with E-state index in [-0.39, 0.29) is 5.75 Å². The third-order valence-electron chi connectivity index (χ3n) is 3.53. The summed E-state index contributed by atoms with van der Waals surface area (Å²) in [7, 11) is 2.01. The molecule has 2 rings (SSSR count). The molecule has 3 heteroatoms. The Hall–Kier alpha value is -2.03. The fourth-order valence-electron chi connectivity index (χ4n) is 2.79. The second kappa shape index (κ2) is 4.57. The van der Waals surface area contributed by atoms with Crippen LogP contribution in [0.1, 0.15) is 22.3 Å². The lowest BCUT2D eigenvalue weighted by Gasteiger charge is -2.13. The van der Waals surface area contributed by atoms with Crippen LogP contribution in [0, 0.1) is 27.7 Å². The molecule has 0 fully saturated rings. The van der Waals surface area contributed by atoms with Crippen molar-refractivity contribution in [1.82, 2.24) is 0 Å². The monoisotopic (exact) mass is 257 g/mol. The lowest BCUT2D eigenvalue weighted by Crippen LogP contribution is -2.32. The van der Waals surface area contributed by atoms with Crippen LogP contribution in [0.2, 0.25) is 0 Å². The van der Waals surface area contributed by atoms with Crippen molar-refractivity contribution in [3.8, 4) is 17.0 Å². The maximum absolute atomic E-state index is 10.1. The fourth-order valence-corrected chi connectivity index (χ4v) is 2.79. The Balaban J connectivity index is 2.84. The summed E-state index contributed by atoms with van der Waals surface area (Å²) in [6.07, 6.45) is 2.07. The number of hydrogen-bond donors (Lipinski definition) is 2. The predicted molar refractivity (Wildman–Crippen MR) is 78.1 cm³/mol. The van der Waals surface area contributed by atoms with Gasteiger partial charge in [-0.15, -0.1) is 0 Å². The zero-order chi connectivity index (χ0) is 14.3. The van der Waals surface area contributed by atoms with E-state index in [1.54, 1.807) is 0 Å². The number of aromatic hydroxyl groups is 1. The summed E-state index contributed by atoms with van der Waals surface area (Å²) < 4.78 is 2.07. The number of aryl methyl sites for hydroxylation is 5. The van der Waals surface area contributed by atoms with Gasteiger partial charge in [0.15, 0.2) is 6.20 Å². The van der Waals surface area contributed by atoms with Crippen molar-refractivity contribution in [2.24, 2.45) is 7.05 Å². The Labute approximate surface area is 114 Å². The van der Waals surface area contributed by atoms with Crippen LogP contribution in [0.4, 0.5) is 5.69 Å². The zero-order valence-corrected chi connectivity index (χ0v) is 12.2. The second-order valence-corrected chi connectivity index (χ2v) is 5.31. The minimum absolute atomic E-state index is 0.181. The Morgan fingerprint density at radius 3 is 2.21 bits per heavy atom. The minimum Gasteiger partial charge on any atom is -0.505 e. The van der Waals surface area contributed by atoms with Gasteiger partial charge in [0.05, 0.1) is 11.3 Å². The number of pyridine rings is 1. The van der Waals surface area contributed by atoms with Crippen molar-refractivity contribution < 1.29 is 9.67 Å². The lowest BCUT2D eigenvalue weighted by atomic mass is 9.96. The fraction of sp³-hybridized carbons (Fsp3) is 0.312. The van der Waals surface area contributed by atoms with E-state index in [1.165, 1.54) is 5.56 Å². The highest BCUT2D eigenvalue weighted by Crippen LogP contribution is 2.37. The summed E-state index contributed by atoms with van der Waals surface area (Å²) in [4.78, 5) is 0. The number of rotatable bonds is 1. The molecule has 0 aliphatic heterocycles. The number of benzene rings is 1. The predicted octanol–water partition coefficient (Wildman–Crippen LogP) is 2.70. The third kappa shape index (κ3) is 2.16. The third-order valence-corrected chi connectivity index (χ3v) is 3.53. The van der Waals surface area contributed by atoms with Crippen molar-refractivity contribution in [2.75, 3.05) is 5.73 Å². The Morgan fingerprint density at radius 1 is 1.00 bits per heavy atom. The molecule has 0 radical (unpaired) electrons. The van der Waals surface area contributed by atoms with Crippen LogP contribution in [0.15, 0.2) is 18.3 Å². The second-order valence-electron chi connectivity index (χ2n) is 5.31. The molecule has 0 aliphatic rings. The van der Waals surface area contributed by atoms with Crippen LogP contribution in [0.3, 0.4) is 0 Å². The highest BCUT2D eigenvalue weighted by Gasteiger charge is 2.22. The molecule has 100 valence electrons. The van der Waals surface area contributed by atoms with Gasteiger partial charge in [-0.25, -0.2) is 4.57 Å². The zero-order valence-electron chi connectivity index (χ0n) is 12.2. The van der Waals surface area contributed by atoms with E-state index >= 15 is 0 Å². The van der Waals surface area contributed by atoms with Gasteiger partial charge < -0.3 is 10.8 Å². The molecule has 0 aliphatic carbocycles. The summed E-state index contributed by atoms with van der Waals surface area (Å²) >= 11 is 0. The molecular weight excluding hydrogens is 236 g/mol. The molecule has 3 N–H and O–H groups in total. The summed E-state index contributed by atoms with van der Waals surface area (Å²) in [5.74, 6) is 0.181. The quantitative estimate of drug-likeness (QED) is 0.469. The van der Waals surface area contributed by atoms with E-state index in [0.29, 0.717) is 5.69 Å². The number of nitrogens with two attached hydrogens (primary N) is 1. The molecule has 1 aromatic heterocycles. The first-order valence-corrected chi connectivity index (χ1v) is 6.38. The molecule has 0 saturated heterocycles. The smallest absolute Gasteiger partial charge is 0.217 e. The van der Waals surface area contributed by atoms with Crippen molar-refractivity contribution >= 4 is 5.69 Å². The van der Waals surface area contributed by atoms with E-state index in [2.05, 4.69) is 30.7 Å². The van der Waals surface area contributed by atoms with Gasteiger partial charge in [0.25, 0.3) is 0 Å². The Morgan fingerprint density at radius 2 is 1.63 bits per heavy atom. The number of nitrogens with zero attached hydrogens (tertiary/aromatic N) is 1. The first kappa shape index (κ1) is 13.4. The number of nitrogen functional groups attached to an aromatic ring is 1. The Kier molecular flexibility index (Phi) is 3.23. The van der Waals surface area contributed by atoms with Crippen LogP contribution in [-0.2, 0) is 7.05 Å². The van der Waals surface area contributed by atoms with Crippen LogP contribution < -0.4 is 10.3 Å². The summed E-state index contributed by atoms with van der Waals surface area (Å²) in [6, 6.07) is 4.10. The Bertz CT molecular complexity index is 637. The SMILES string of the molecule is Cc1cc(C)c(-c2c(C)cc(C)c(O)c2N)[n+](C)c1. The van der Waals surface area contributed by atoms with Gasteiger partial charge in [0.1, 0.15) is 12.8 Å². The highest BCUT2D eigenvalue weighted by molar-refractivity contribution is 5.82. The standard InChI is InChI=1S/C16H20N2O/c1-9-6-11(3)15(18(5)8-9)13-10(2)7-12(4)16(19)14(13)17/h6-8,17,19H,1-5H3/p+1. The maximum atomic E-state index is 10.1. The number of phenols is 1. The molecule has 0 saturated carbocycles. The summed E-state index contributed by atoms with van der Waals surface area (Å²) in [6.45, 7) is 8.03. The molecule has 1 heterocycles. The van der Waals surface area contributed by atoms with Gasteiger partial charge in [-0.3, -0.25) is 0 Å². The van der Waals surface area contributed by atoms with E-state index < -0.39 is 0 Å². The lowest BCUT2D eigenvalue weighted by molar-refractivity contribution is -0.661. The largest absolute Gasteiger partial charge is 0.505 e. The van der Waals surface area contributed by atoms with Gasteiger partial charge in [-0.05, 0) is 44.9 Å². The first-order valence-electron chi connectivity index (χ1n) is 6.38. The number of phenolic OH excluding ortho intramolecular Hbond substituents is 1. The molecule has 1 aromatic carbocycles. The average Bonchev–Trinajstić information content (AvgIpc) is 2.29. The van der Waals surface area contributed by atoms with Gasteiger partial charge in [-0.1, -0.05) is 6.07 Å². The van der Waals surface area contributed by atoms with Crippen molar-refractivity contribution in [1.29, 1.82) is 0 Å². The van der Waals surface area contributed by atoms with Crippen LogP contribution in [0.5, 0.6) is 5.75 Å². The summed E-state index contributed by atoms with van der Waals surface area (Å²) in [5, 5.41) is 10.1. The number of hydrogen-bond acceptors (Lipinski definition) is 2. The summed E-state index contributed by atoms with van der Waals surface area (Å²) in [5.41, 5.74) is 12.8. The van der Waals surface area contributed by atoms with Crippen LogP contribution >= 0.6 is 0 Å². The van der Waals surface area contributed by atoms with Crippen molar-refractivity contribution in [3.05, 3.63) is 40.6 Å². The molecule has 19 heavy (non-hydrogen) atoms. The van der Waals surface area contributed by atoms with E-state index in [0.717, 1.165) is 27.9 Å². The van der Waals surface area contributed by atoms with E-state index in [4.69, 9.17) is 5.73 Å². The minimum atomic E-state index is 0.181. The topological polar surface area (TPSA) is 50.1 Å². The van der Waals surface area contributed by atoms with Crippen LogP contribution in [0.25, 0.3) is 11.3 Å². The molecule has 2 aromatic rings. The highest BCUT2D eigenvalue weighted by atomic mass is 16.3. The molecular formula is C16H21N2O+. The average molecular weight is 257 g/mol. The molecule has 0 bridgehead atoms. The number of anilines is 1. The van der Waals surface area contributed by atoms with Gasteiger partial charge in [-0.2, -0.15) is 0 Å². The molecule has 0 amide bonds. The van der Waals surface area contributed by atoms with Crippen LogP contribution in [-0.4, -0.2) is 5.11 Å². The number of aromatic nitrogens is 1. The van der Waals surface area contributed by atoms with Gasteiger partial charge in [0.2, 0.25) is 5.69 Å². The van der Waals surface area contributed by atoms with Crippen molar-refractivity contribution in [2.45, 2.75) is 27.7 Å². The van der Waals surface area contributed by atoms with Crippen molar-refractivity contribution in [3.63, 3.8) is 0 Å². The first-order chi connectivity index (χ1) is 8.82. The molecule has 0 spiro atoms.